The van der Waals surface area contributed by atoms with Gasteiger partial charge in [0.25, 0.3) is 0 Å². The van der Waals surface area contributed by atoms with Gasteiger partial charge in [-0.3, -0.25) is 9.63 Å². The Balaban J connectivity index is 3.37. The lowest BCUT2D eigenvalue weighted by molar-refractivity contribution is -0.126. The first-order valence-corrected chi connectivity index (χ1v) is 4.97. The SMILES string of the molecule is COCC(C)OCC(O)CNOCC(N)=O. The molecule has 0 spiro atoms. The maximum absolute atomic E-state index is 10.3. The van der Waals surface area contributed by atoms with Crippen LogP contribution < -0.4 is 11.2 Å². The van der Waals surface area contributed by atoms with Crippen molar-refractivity contribution >= 4 is 5.91 Å². The third-order valence-corrected chi connectivity index (χ3v) is 1.61. The number of amides is 1. The van der Waals surface area contributed by atoms with Gasteiger partial charge in [-0.15, -0.1) is 0 Å². The van der Waals surface area contributed by atoms with E-state index in [2.05, 4.69) is 10.3 Å². The van der Waals surface area contributed by atoms with Crippen LogP contribution in [0.3, 0.4) is 0 Å². The van der Waals surface area contributed by atoms with Crippen LogP contribution in [0.4, 0.5) is 0 Å². The van der Waals surface area contributed by atoms with Crippen LogP contribution in [0.1, 0.15) is 6.92 Å². The highest BCUT2D eigenvalue weighted by Gasteiger charge is 2.07. The van der Waals surface area contributed by atoms with Crippen LogP contribution in [-0.4, -0.2) is 56.7 Å². The van der Waals surface area contributed by atoms with Gasteiger partial charge < -0.3 is 20.3 Å². The molecule has 7 nitrogen and oxygen atoms in total. The van der Waals surface area contributed by atoms with Crippen LogP contribution in [0.15, 0.2) is 0 Å². The quantitative estimate of drug-likeness (QED) is 0.312. The van der Waals surface area contributed by atoms with Crippen LogP contribution in [-0.2, 0) is 19.1 Å². The van der Waals surface area contributed by atoms with Gasteiger partial charge in [0.05, 0.1) is 25.4 Å². The molecule has 0 aromatic carbocycles. The Hall–Kier alpha value is -0.730. The van der Waals surface area contributed by atoms with Crippen molar-refractivity contribution in [2.75, 3.05) is 33.5 Å². The summed E-state index contributed by atoms with van der Waals surface area (Å²) in [6.07, 6.45) is -0.793. The molecule has 0 aromatic heterocycles. The number of nitrogens with two attached hydrogens (primary N) is 1. The first-order chi connectivity index (χ1) is 7.56. The van der Waals surface area contributed by atoms with Gasteiger partial charge in [0.2, 0.25) is 5.91 Å². The Morgan fingerprint density at radius 2 is 2.19 bits per heavy atom. The second kappa shape index (κ2) is 9.49. The zero-order valence-electron chi connectivity index (χ0n) is 9.64. The molecule has 4 N–H and O–H groups in total. The molecule has 0 saturated carbocycles. The molecular formula is C9H20N2O5. The highest BCUT2D eigenvalue weighted by molar-refractivity contribution is 5.74. The second-order valence-corrected chi connectivity index (χ2v) is 3.36. The average molecular weight is 236 g/mol. The monoisotopic (exact) mass is 236 g/mol. The number of aliphatic hydroxyl groups is 1. The van der Waals surface area contributed by atoms with Gasteiger partial charge in [-0.05, 0) is 6.92 Å². The van der Waals surface area contributed by atoms with Crippen molar-refractivity contribution in [1.29, 1.82) is 0 Å². The van der Waals surface area contributed by atoms with E-state index in [4.69, 9.17) is 15.2 Å². The van der Waals surface area contributed by atoms with Gasteiger partial charge in [0.1, 0.15) is 6.61 Å². The summed E-state index contributed by atoms with van der Waals surface area (Å²) >= 11 is 0. The van der Waals surface area contributed by atoms with Crippen molar-refractivity contribution in [3.8, 4) is 0 Å². The van der Waals surface area contributed by atoms with Gasteiger partial charge in [-0.1, -0.05) is 0 Å². The summed E-state index contributed by atoms with van der Waals surface area (Å²) in [5.74, 6) is -0.577. The number of hydrogen-bond acceptors (Lipinski definition) is 6. The fraction of sp³-hybridized carbons (Fsp3) is 0.889. The molecule has 0 heterocycles. The number of ether oxygens (including phenoxy) is 2. The van der Waals surface area contributed by atoms with Crippen molar-refractivity contribution in [2.45, 2.75) is 19.1 Å². The topological polar surface area (TPSA) is 103 Å². The largest absolute Gasteiger partial charge is 0.389 e. The van der Waals surface area contributed by atoms with Crippen LogP contribution in [0.2, 0.25) is 0 Å². The lowest BCUT2D eigenvalue weighted by Gasteiger charge is -2.15. The van der Waals surface area contributed by atoms with E-state index < -0.39 is 12.0 Å². The minimum Gasteiger partial charge on any atom is -0.389 e. The Morgan fingerprint density at radius 1 is 1.50 bits per heavy atom. The summed E-state index contributed by atoms with van der Waals surface area (Å²) in [6, 6.07) is 0. The number of rotatable bonds is 10. The third-order valence-electron chi connectivity index (χ3n) is 1.61. The van der Waals surface area contributed by atoms with Gasteiger partial charge in [-0.25, -0.2) is 0 Å². The summed E-state index contributed by atoms with van der Waals surface area (Å²) in [5.41, 5.74) is 7.25. The van der Waals surface area contributed by atoms with Crippen molar-refractivity contribution in [3.05, 3.63) is 0 Å². The van der Waals surface area contributed by atoms with Crippen molar-refractivity contribution < 1.29 is 24.2 Å². The molecular weight excluding hydrogens is 216 g/mol. The summed E-state index contributed by atoms with van der Waals surface area (Å²) in [6.45, 7) is 2.41. The molecule has 0 radical (unpaired) electrons. The zero-order valence-corrected chi connectivity index (χ0v) is 9.64. The van der Waals surface area contributed by atoms with Gasteiger partial charge in [-0.2, -0.15) is 5.48 Å². The number of carbonyl (C=O) groups is 1. The second-order valence-electron chi connectivity index (χ2n) is 3.36. The molecule has 16 heavy (non-hydrogen) atoms. The minimum atomic E-state index is -0.716. The van der Waals surface area contributed by atoms with E-state index >= 15 is 0 Å². The van der Waals surface area contributed by atoms with Crippen LogP contribution in [0.25, 0.3) is 0 Å². The van der Waals surface area contributed by atoms with E-state index in [1.165, 1.54) is 0 Å². The van der Waals surface area contributed by atoms with E-state index in [-0.39, 0.29) is 25.9 Å². The van der Waals surface area contributed by atoms with Crippen LogP contribution >= 0.6 is 0 Å². The Labute approximate surface area is 94.8 Å². The van der Waals surface area contributed by atoms with Gasteiger partial charge >= 0.3 is 0 Å². The normalized spacial score (nSPS) is 14.7. The molecule has 0 aliphatic rings. The summed E-state index contributed by atoms with van der Waals surface area (Å²) < 4.78 is 10.1. The number of hydroxylamine groups is 1. The predicted molar refractivity (Wildman–Crippen MR) is 56.4 cm³/mol. The molecule has 0 aliphatic heterocycles. The Kier molecular flexibility index (Phi) is 9.06. The number of hydrogen-bond donors (Lipinski definition) is 3. The average Bonchev–Trinajstić information content (AvgIpc) is 2.22. The summed E-state index contributed by atoms with van der Waals surface area (Å²) in [4.78, 5) is 14.9. The molecule has 0 saturated heterocycles. The summed E-state index contributed by atoms with van der Waals surface area (Å²) in [7, 11) is 1.58. The lowest BCUT2D eigenvalue weighted by atomic mass is 10.4. The molecule has 0 aromatic rings. The predicted octanol–water partition coefficient (Wildman–Crippen LogP) is -1.59. The van der Waals surface area contributed by atoms with Crippen LogP contribution in [0, 0.1) is 0 Å². The van der Waals surface area contributed by atoms with Crippen molar-refractivity contribution in [3.63, 3.8) is 0 Å². The van der Waals surface area contributed by atoms with Crippen LogP contribution in [0.5, 0.6) is 0 Å². The highest BCUT2D eigenvalue weighted by Crippen LogP contribution is 1.93. The lowest BCUT2D eigenvalue weighted by Crippen LogP contribution is -2.34. The molecule has 0 rings (SSSR count). The fourth-order valence-corrected chi connectivity index (χ4v) is 0.894. The van der Waals surface area contributed by atoms with Gasteiger partial charge in [0, 0.05) is 13.7 Å². The molecule has 0 fully saturated rings. The van der Waals surface area contributed by atoms with E-state index in [0.29, 0.717) is 6.61 Å². The van der Waals surface area contributed by atoms with Crippen molar-refractivity contribution in [1.82, 2.24) is 5.48 Å². The number of nitrogens with one attached hydrogen (secondary N) is 1. The van der Waals surface area contributed by atoms with E-state index in [1.54, 1.807) is 7.11 Å². The smallest absolute Gasteiger partial charge is 0.245 e. The summed E-state index contributed by atoms with van der Waals surface area (Å²) in [5, 5.41) is 9.41. The van der Waals surface area contributed by atoms with Crippen molar-refractivity contribution in [2.24, 2.45) is 5.73 Å². The fourth-order valence-electron chi connectivity index (χ4n) is 0.894. The highest BCUT2D eigenvalue weighted by atomic mass is 16.6. The maximum atomic E-state index is 10.3. The number of aliphatic hydroxyl groups excluding tert-OH is 1. The Morgan fingerprint density at radius 3 is 2.75 bits per heavy atom. The van der Waals surface area contributed by atoms with E-state index in [0.717, 1.165) is 0 Å². The molecule has 2 atom stereocenters. The molecule has 2 unspecified atom stereocenters. The molecule has 0 aliphatic carbocycles. The third kappa shape index (κ3) is 9.81. The molecule has 96 valence electrons. The molecule has 1 amide bonds. The van der Waals surface area contributed by atoms with E-state index in [9.17, 15) is 9.90 Å². The van der Waals surface area contributed by atoms with Gasteiger partial charge in [0.15, 0.2) is 0 Å². The first-order valence-electron chi connectivity index (χ1n) is 4.97. The standard InChI is InChI=1S/C9H20N2O5/c1-7(4-14-2)15-5-8(12)3-11-16-6-9(10)13/h7-8,11-12H,3-6H2,1-2H3,(H2,10,13). The van der Waals surface area contributed by atoms with E-state index in [1.807, 2.05) is 6.92 Å². The Bertz CT molecular complexity index is 191. The maximum Gasteiger partial charge on any atom is 0.245 e. The molecule has 7 heteroatoms. The molecule has 0 bridgehead atoms. The first kappa shape index (κ1) is 15.3. The number of methoxy groups -OCH3 is 1. The zero-order chi connectivity index (χ0) is 12.4. The number of primary amides is 1. The minimum absolute atomic E-state index is 0.0776. The number of carbonyl (C=O) groups excluding carboxylic acids is 1.